The van der Waals surface area contributed by atoms with Crippen LogP contribution in [0.15, 0.2) is 22.7 Å². The molecule has 0 fully saturated rings. The van der Waals surface area contributed by atoms with E-state index in [9.17, 15) is 10.1 Å². The number of rotatable bonds is 5. The zero-order valence-electron chi connectivity index (χ0n) is 12.1. The second-order valence-corrected chi connectivity index (χ2v) is 5.49. The maximum absolute atomic E-state index is 11.1. The molecule has 0 amide bonds. The standard InChI is InChI=1S/C14H16BrN3O3/c1-4-10-14(15)12(17(3)16-10)8-21-13-6-5-9(2)7-11(13)18(19)20/h5-7H,4,8H2,1-3H3. The number of halogens is 1. The third-order valence-corrected chi connectivity index (χ3v) is 4.09. The number of ether oxygens (including phenoxy) is 1. The molecule has 7 heteroatoms. The van der Waals surface area contributed by atoms with Gasteiger partial charge in [0.2, 0.25) is 0 Å². The molecule has 0 saturated carbocycles. The molecule has 6 nitrogen and oxygen atoms in total. The molecule has 2 rings (SSSR count). The molecular formula is C14H16BrN3O3. The Morgan fingerprint density at radius 3 is 2.76 bits per heavy atom. The predicted molar refractivity (Wildman–Crippen MR) is 82.5 cm³/mol. The van der Waals surface area contributed by atoms with Gasteiger partial charge in [0, 0.05) is 13.1 Å². The average Bonchev–Trinajstić information content (AvgIpc) is 2.72. The molecule has 0 radical (unpaired) electrons. The van der Waals surface area contributed by atoms with Gasteiger partial charge in [-0.3, -0.25) is 14.8 Å². The fourth-order valence-corrected chi connectivity index (χ4v) is 2.75. The van der Waals surface area contributed by atoms with Crippen LogP contribution < -0.4 is 4.74 Å². The molecule has 0 N–H and O–H groups in total. The van der Waals surface area contributed by atoms with Gasteiger partial charge in [0.05, 0.1) is 20.8 Å². The highest BCUT2D eigenvalue weighted by Crippen LogP contribution is 2.30. The van der Waals surface area contributed by atoms with E-state index in [1.165, 1.54) is 6.07 Å². The molecule has 0 saturated heterocycles. The van der Waals surface area contributed by atoms with Crippen LogP contribution in [0.25, 0.3) is 0 Å². The number of benzene rings is 1. The highest BCUT2D eigenvalue weighted by Gasteiger charge is 2.18. The molecule has 0 aliphatic heterocycles. The van der Waals surface area contributed by atoms with Crippen LogP contribution in [0.2, 0.25) is 0 Å². The number of hydrogen-bond donors (Lipinski definition) is 0. The third kappa shape index (κ3) is 3.24. The Bertz CT molecular complexity index is 682. The van der Waals surface area contributed by atoms with E-state index in [0.29, 0.717) is 0 Å². The van der Waals surface area contributed by atoms with Crippen molar-refractivity contribution in [2.24, 2.45) is 7.05 Å². The van der Waals surface area contributed by atoms with Gasteiger partial charge in [-0.25, -0.2) is 0 Å². The van der Waals surface area contributed by atoms with E-state index < -0.39 is 4.92 Å². The van der Waals surface area contributed by atoms with Crippen LogP contribution in [0.1, 0.15) is 23.9 Å². The monoisotopic (exact) mass is 353 g/mol. The normalized spacial score (nSPS) is 10.7. The number of nitro groups is 1. The van der Waals surface area contributed by atoms with Gasteiger partial charge in [-0.2, -0.15) is 5.10 Å². The van der Waals surface area contributed by atoms with Crippen molar-refractivity contribution in [3.63, 3.8) is 0 Å². The first-order valence-electron chi connectivity index (χ1n) is 6.52. The van der Waals surface area contributed by atoms with E-state index in [4.69, 9.17) is 4.74 Å². The molecular weight excluding hydrogens is 338 g/mol. The molecule has 21 heavy (non-hydrogen) atoms. The molecule has 0 aliphatic carbocycles. The summed E-state index contributed by atoms with van der Waals surface area (Å²) in [5.74, 6) is 0.261. The average molecular weight is 354 g/mol. The van der Waals surface area contributed by atoms with Crippen LogP contribution in [0, 0.1) is 17.0 Å². The minimum atomic E-state index is -0.432. The molecule has 0 atom stereocenters. The van der Waals surface area contributed by atoms with Crippen molar-refractivity contribution in [2.45, 2.75) is 26.9 Å². The summed E-state index contributed by atoms with van der Waals surface area (Å²) in [6.07, 6.45) is 0.805. The quantitative estimate of drug-likeness (QED) is 0.608. The van der Waals surface area contributed by atoms with Crippen molar-refractivity contribution in [3.05, 3.63) is 49.7 Å². The third-order valence-electron chi connectivity index (χ3n) is 3.18. The second kappa shape index (κ2) is 6.26. The van der Waals surface area contributed by atoms with Gasteiger partial charge >= 0.3 is 5.69 Å². The number of hydrogen-bond acceptors (Lipinski definition) is 4. The molecule has 112 valence electrons. The van der Waals surface area contributed by atoms with E-state index in [1.54, 1.807) is 16.8 Å². The fourth-order valence-electron chi connectivity index (χ4n) is 2.01. The molecule has 1 aromatic heterocycles. The Labute approximate surface area is 131 Å². The summed E-state index contributed by atoms with van der Waals surface area (Å²) < 4.78 is 8.24. The number of nitro benzene ring substituents is 1. The summed E-state index contributed by atoms with van der Waals surface area (Å²) in [6.45, 7) is 4.04. The van der Waals surface area contributed by atoms with Gasteiger partial charge in [0.15, 0.2) is 5.75 Å². The lowest BCUT2D eigenvalue weighted by atomic mass is 10.2. The smallest absolute Gasteiger partial charge is 0.311 e. The minimum Gasteiger partial charge on any atom is -0.480 e. The molecule has 1 heterocycles. The van der Waals surface area contributed by atoms with E-state index in [1.807, 2.05) is 20.9 Å². The summed E-state index contributed by atoms with van der Waals surface area (Å²) in [5.41, 5.74) is 2.59. The summed E-state index contributed by atoms with van der Waals surface area (Å²) in [5, 5.41) is 15.4. The Hall–Kier alpha value is -1.89. The first-order chi connectivity index (χ1) is 9.93. The van der Waals surface area contributed by atoms with Gasteiger partial charge in [-0.05, 0) is 40.9 Å². The number of aryl methyl sites for hydroxylation is 3. The maximum Gasteiger partial charge on any atom is 0.311 e. The lowest BCUT2D eigenvalue weighted by Gasteiger charge is -2.08. The predicted octanol–water partition coefficient (Wildman–Crippen LogP) is 3.54. The second-order valence-electron chi connectivity index (χ2n) is 4.70. The largest absolute Gasteiger partial charge is 0.480 e. The van der Waals surface area contributed by atoms with E-state index in [0.717, 1.165) is 27.8 Å². The van der Waals surface area contributed by atoms with Crippen molar-refractivity contribution in [3.8, 4) is 5.75 Å². The molecule has 0 aliphatic rings. The summed E-state index contributed by atoms with van der Waals surface area (Å²) >= 11 is 3.50. The lowest BCUT2D eigenvalue weighted by Crippen LogP contribution is -2.05. The van der Waals surface area contributed by atoms with Crippen LogP contribution >= 0.6 is 15.9 Å². The van der Waals surface area contributed by atoms with Gasteiger partial charge < -0.3 is 4.74 Å². The number of nitrogens with zero attached hydrogens (tertiary/aromatic N) is 3. The van der Waals surface area contributed by atoms with Crippen molar-refractivity contribution >= 4 is 21.6 Å². The molecule has 0 unspecified atom stereocenters. The SMILES string of the molecule is CCc1nn(C)c(COc2ccc(C)cc2[N+](=O)[O-])c1Br. The van der Waals surface area contributed by atoms with Gasteiger partial charge in [-0.15, -0.1) is 0 Å². The first-order valence-corrected chi connectivity index (χ1v) is 7.31. The van der Waals surface area contributed by atoms with Crippen LogP contribution in [-0.2, 0) is 20.1 Å². The Morgan fingerprint density at radius 1 is 1.48 bits per heavy atom. The minimum absolute atomic E-state index is 0.0241. The zero-order chi connectivity index (χ0) is 15.6. The van der Waals surface area contributed by atoms with Crippen LogP contribution in [0.5, 0.6) is 5.75 Å². The van der Waals surface area contributed by atoms with Crippen molar-refractivity contribution in [1.29, 1.82) is 0 Å². The summed E-state index contributed by atoms with van der Waals surface area (Å²) in [4.78, 5) is 10.6. The van der Waals surface area contributed by atoms with Gasteiger partial charge in [-0.1, -0.05) is 13.0 Å². The Morgan fingerprint density at radius 2 is 2.19 bits per heavy atom. The zero-order valence-corrected chi connectivity index (χ0v) is 13.7. The van der Waals surface area contributed by atoms with Crippen LogP contribution in [0.3, 0.4) is 0 Å². The fraction of sp³-hybridized carbons (Fsp3) is 0.357. The highest BCUT2D eigenvalue weighted by atomic mass is 79.9. The van der Waals surface area contributed by atoms with Crippen molar-refractivity contribution in [2.75, 3.05) is 0 Å². The first kappa shape index (κ1) is 15.5. The van der Waals surface area contributed by atoms with E-state index in [2.05, 4.69) is 21.0 Å². The van der Waals surface area contributed by atoms with Crippen LogP contribution in [-0.4, -0.2) is 14.7 Å². The Kier molecular flexibility index (Phi) is 4.62. The Balaban J connectivity index is 2.25. The van der Waals surface area contributed by atoms with Crippen molar-refractivity contribution in [1.82, 2.24) is 9.78 Å². The highest BCUT2D eigenvalue weighted by molar-refractivity contribution is 9.10. The topological polar surface area (TPSA) is 70.2 Å². The van der Waals surface area contributed by atoms with Crippen LogP contribution in [0.4, 0.5) is 5.69 Å². The molecule has 0 bridgehead atoms. The summed E-state index contributed by atoms with van der Waals surface area (Å²) in [6, 6.07) is 4.92. The van der Waals surface area contributed by atoms with Crippen molar-refractivity contribution < 1.29 is 9.66 Å². The summed E-state index contributed by atoms with van der Waals surface area (Å²) in [7, 11) is 1.83. The molecule has 2 aromatic rings. The lowest BCUT2D eigenvalue weighted by molar-refractivity contribution is -0.386. The molecule has 1 aromatic carbocycles. The number of aromatic nitrogens is 2. The van der Waals surface area contributed by atoms with Gasteiger partial charge in [0.1, 0.15) is 6.61 Å². The maximum atomic E-state index is 11.1. The molecule has 0 spiro atoms. The van der Waals surface area contributed by atoms with E-state index in [-0.39, 0.29) is 18.0 Å². The van der Waals surface area contributed by atoms with E-state index >= 15 is 0 Å². The van der Waals surface area contributed by atoms with Gasteiger partial charge in [0.25, 0.3) is 0 Å².